The van der Waals surface area contributed by atoms with E-state index in [2.05, 4.69) is 36.1 Å². The van der Waals surface area contributed by atoms with Crippen LogP contribution < -0.4 is 0 Å². The highest BCUT2D eigenvalue weighted by Crippen LogP contribution is 2.17. The van der Waals surface area contributed by atoms with E-state index in [0.29, 0.717) is 0 Å². The number of Topliss-reactive ketones (excluding diaryl/α,β-unsaturated/α-hetero) is 1. The van der Waals surface area contributed by atoms with Crippen LogP contribution in [0.4, 0.5) is 0 Å². The highest BCUT2D eigenvalue weighted by atomic mass is 16.3. The summed E-state index contributed by atoms with van der Waals surface area (Å²) in [5, 5.41) is 10.5. The van der Waals surface area contributed by atoms with E-state index in [4.69, 9.17) is 0 Å². The van der Waals surface area contributed by atoms with E-state index in [-0.39, 0.29) is 18.2 Å². The molecule has 0 aliphatic rings. The van der Waals surface area contributed by atoms with Gasteiger partial charge in [0, 0.05) is 19.5 Å². The number of hydrogen-bond donors (Lipinski definition) is 1. The Kier molecular flexibility index (Phi) is 15.3. The Labute approximate surface area is 215 Å². The normalized spacial score (nSPS) is 13.1. The molecule has 0 amide bonds. The average Bonchev–Trinajstić information content (AvgIpc) is 2.87. The van der Waals surface area contributed by atoms with Crippen molar-refractivity contribution in [3.05, 3.63) is 71.8 Å². The van der Waals surface area contributed by atoms with Crippen molar-refractivity contribution < 1.29 is 9.90 Å². The van der Waals surface area contributed by atoms with Crippen molar-refractivity contribution in [2.24, 2.45) is 0 Å². The molecule has 2 aromatic rings. The van der Waals surface area contributed by atoms with Gasteiger partial charge in [-0.15, -0.1) is 0 Å². The molecule has 0 aromatic heterocycles. The molecule has 0 aliphatic carbocycles. The van der Waals surface area contributed by atoms with Gasteiger partial charge in [0.05, 0.1) is 12.1 Å². The molecule has 0 radical (unpaired) electrons. The predicted molar refractivity (Wildman–Crippen MR) is 148 cm³/mol. The zero-order valence-electron chi connectivity index (χ0n) is 22.3. The molecule has 0 bridgehead atoms. The number of benzene rings is 2. The predicted octanol–water partition coefficient (Wildman–Crippen LogP) is 8.10. The molecule has 2 aromatic carbocycles. The lowest BCUT2D eigenvalue weighted by molar-refractivity contribution is -0.126. The van der Waals surface area contributed by atoms with Gasteiger partial charge in [0.15, 0.2) is 5.78 Å². The van der Waals surface area contributed by atoms with Gasteiger partial charge in [0.2, 0.25) is 0 Å². The van der Waals surface area contributed by atoms with Gasteiger partial charge in [-0.2, -0.15) is 0 Å². The fraction of sp³-hybridized carbons (Fsp3) is 0.594. The first-order chi connectivity index (χ1) is 17.1. The first-order valence-corrected chi connectivity index (χ1v) is 14.1. The van der Waals surface area contributed by atoms with Crippen molar-refractivity contribution in [1.29, 1.82) is 0 Å². The minimum absolute atomic E-state index is 0.132. The number of ketones is 1. The molecule has 3 nitrogen and oxygen atoms in total. The summed E-state index contributed by atoms with van der Waals surface area (Å²) < 4.78 is 0. The van der Waals surface area contributed by atoms with Crippen molar-refractivity contribution in [2.45, 2.75) is 123 Å². The number of unbranched alkanes of at least 4 members (excludes halogenated alkanes) is 10. The second-order valence-electron chi connectivity index (χ2n) is 10.2. The molecule has 1 N–H and O–H groups in total. The Morgan fingerprint density at radius 2 is 1.14 bits per heavy atom. The molecule has 0 saturated heterocycles. The van der Waals surface area contributed by atoms with Gasteiger partial charge in [-0.3, -0.25) is 9.69 Å². The van der Waals surface area contributed by atoms with Crippen LogP contribution in [0.2, 0.25) is 0 Å². The van der Waals surface area contributed by atoms with E-state index in [0.717, 1.165) is 32.4 Å². The van der Waals surface area contributed by atoms with Crippen LogP contribution in [0, 0.1) is 0 Å². The molecule has 0 fully saturated rings. The van der Waals surface area contributed by atoms with Gasteiger partial charge in [-0.1, -0.05) is 138 Å². The fourth-order valence-corrected chi connectivity index (χ4v) is 4.72. The molecule has 0 saturated carbocycles. The summed E-state index contributed by atoms with van der Waals surface area (Å²) in [4.78, 5) is 15.3. The van der Waals surface area contributed by atoms with Crippen LogP contribution in [0.5, 0.6) is 0 Å². The van der Waals surface area contributed by atoms with E-state index in [1.807, 2.05) is 43.3 Å². The topological polar surface area (TPSA) is 40.5 Å². The van der Waals surface area contributed by atoms with Crippen LogP contribution in [0.15, 0.2) is 60.7 Å². The Bertz CT molecular complexity index is 735. The van der Waals surface area contributed by atoms with Gasteiger partial charge in [-0.25, -0.2) is 0 Å². The Morgan fingerprint density at radius 3 is 1.60 bits per heavy atom. The molecule has 194 valence electrons. The van der Waals surface area contributed by atoms with Crippen molar-refractivity contribution >= 4 is 5.78 Å². The van der Waals surface area contributed by atoms with Crippen LogP contribution in [0.3, 0.4) is 0 Å². The molecule has 35 heavy (non-hydrogen) atoms. The third-order valence-electron chi connectivity index (χ3n) is 7.05. The number of carbonyl (C=O) groups excluding carboxylic acids is 1. The number of rotatable bonds is 20. The number of carbonyl (C=O) groups is 1. The maximum Gasteiger partial charge on any atom is 0.152 e. The maximum absolute atomic E-state index is 13.1. The summed E-state index contributed by atoms with van der Waals surface area (Å²) in [7, 11) is 0. The van der Waals surface area contributed by atoms with E-state index >= 15 is 0 Å². The van der Waals surface area contributed by atoms with Crippen molar-refractivity contribution in [3.63, 3.8) is 0 Å². The minimum Gasteiger partial charge on any atom is -0.393 e. The lowest BCUT2D eigenvalue weighted by Gasteiger charge is -2.29. The monoisotopic (exact) mass is 479 g/mol. The van der Waals surface area contributed by atoms with E-state index in [1.54, 1.807) is 0 Å². The maximum atomic E-state index is 13.1. The van der Waals surface area contributed by atoms with Crippen molar-refractivity contribution in [1.82, 2.24) is 4.90 Å². The molecular formula is C32H49NO2. The first kappa shape index (κ1) is 29.3. The molecule has 0 heterocycles. The second kappa shape index (κ2) is 18.3. The average molecular weight is 480 g/mol. The van der Waals surface area contributed by atoms with Gasteiger partial charge < -0.3 is 5.11 Å². The quantitative estimate of drug-likeness (QED) is 0.195. The lowest BCUT2D eigenvalue weighted by atomic mass is 10.00. The largest absolute Gasteiger partial charge is 0.393 e. The van der Waals surface area contributed by atoms with Gasteiger partial charge >= 0.3 is 0 Å². The van der Waals surface area contributed by atoms with Gasteiger partial charge in [0.1, 0.15) is 0 Å². The van der Waals surface area contributed by atoms with Crippen molar-refractivity contribution in [3.8, 4) is 0 Å². The molecule has 2 atom stereocenters. The number of aliphatic hydroxyl groups excluding tert-OH is 1. The third-order valence-corrected chi connectivity index (χ3v) is 7.05. The molecule has 3 heteroatoms. The number of hydrogen-bond acceptors (Lipinski definition) is 3. The van der Waals surface area contributed by atoms with Gasteiger partial charge in [0.25, 0.3) is 0 Å². The molecule has 2 rings (SSSR count). The SMILES string of the molecule is CCCCCCCCCCCCCC(O)CC(=O)[C@H](C)N(Cc1ccccc1)Cc1ccccc1. The van der Waals surface area contributed by atoms with Crippen LogP contribution in [-0.4, -0.2) is 27.9 Å². The smallest absolute Gasteiger partial charge is 0.152 e. The standard InChI is InChI=1S/C32H49NO2/c1-3-4-5-6-7-8-9-10-11-12-19-24-31(34)25-32(35)28(2)33(26-29-20-15-13-16-21-29)27-30-22-17-14-18-23-30/h13-18,20-23,28,31,34H,3-12,19,24-27H2,1-2H3/t28-,31?/m0/s1. The molecule has 0 spiro atoms. The van der Waals surface area contributed by atoms with Gasteiger partial charge in [-0.05, 0) is 24.5 Å². The van der Waals surface area contributed by atoms with Crippen LogP contribution in [0.25, 0.3) is 0 Å². The molecule has 1 unspecified atom stereocenters. The minimum atomic E-state index is -0.529. The Hall–Kier alpha value is -1.97. The second-order valence-corrected chi connectivity index (χ2v) is 10.2. The van der Waals surface area contributed by atoms with E-state index in [9.17, 15) is 9.90 Å². The Morgan fingerprint density at radius 1 is 0.714 bits per heavy atom. The summed E-state index contributed by atoms with van der Waals surface area (Å²) in [5.41, 5.74) is 2.40. The lowest BCUT2D eigenvalue weighted by Crippen LogP contribution is -2.39. The summed E-state index contributed by atoms with van der Waals surface area (Å²) in [5.74, 6) is 0.132. The first-order valence-electron chi connectivity index (χ1n) is 14.1. The zero-order chi connectivity index (χ0) is 25.1. The highest BCUT2D eigenvalue weighted by Gasteiger charge is 2.23. The van der Waals surface area contributed by atoms with Crippen LogP contribution >= 0.6 is 0 Å². The molecule has 0 aliphatic heterocycles. The number of nitrogens with zero attached hydrogens (tertiary/aromatic N) is 1. The third kappa shape index (κ3) is 13.1. The molecular weight excluding hydrogens is 430 g/mol. The van der Waals surface area contributed by atoms with E-state index < -0.39 is 6.10 Å². The summed E-state index contributed by atoms with van der Waals surface area (Å²) in [6, 6.07) is 20.4. The number of aliphatic hydroxyl groups is 1. The summed E-state index contributed by atoms with van der Waals surface area (Å²) >= 11 is 0. The van der Waals surface area contributed by atoms with Crippen molar-refractivity contribution in [2.75, 3.05) is 0 Å². The Balaban J connectivity index is 1.69. The summed E-state index contributed by atoms with van der Waals surface area (Å²) in [6.07, 6.45) is 14.7. The van der Waals surface area contributed by atoms with E-state index in [1.165, 1.54) is 68.9 Å². The zero-order valence-corrected chi connectivity index (χ0v) is 22.3. The highest BCUT2D eigenvalue weighted by molar-refractivity contribution is 5.84. The fourth-order valence-electron chi connectivity index (χ4n) is 4.72. The van der Waals surface area contributed by atoms with Crippen LogP contribution in [0.1, 0.15) is 108 Å². The summed E-state index contributed by atoms with van der Waals surface area (Å²) in [6.45, 7) is 5.69. The van der Waals surface area contributed by atoms with Crippen LogP contribution in [-0.2, 0) is 17.9 Å².